The fraction of sp³-hybridized carbons (Fsp3) is 0.263. The molecule has 2 unspecified atom stereocenters. The standard InChI is InChI=1S/C19H17FN2O2S/c20-13-6-3-5-12(11-13)17(22-10-4-8-15(22)19(23)24)18-21-14-7-1-2-9-16(14)25-18/h1-3,5-7,9,11,15,17H,4,8,10H2,(H,23,24). The molecule has 4 rings (SSSR count). The normalized spacial score (nSPS) is 19.3. The average Bonchev–Trinajstić information content (AvgIpc) is 3.22. The van der Waals surface area contributed by atoms with E-state index < -0.39 is 12.0 Å². The third-order valence-corrected chi connectivity index (χ3v) is 5.71. The predicted molar refractivity (Wildman–Crippen MR) is 95.2 cm³/mol. The van der Waals surface area contributed by atoms with Crippen LogP contribution in [0.3, 0.4) is 0 Å². The second-order valence-electron chi connectivity index (χ2n) is 6.21. The summed E-state index contributed by atoms with van der Waals surface area (Å²) in [7, 11) is 0. The lowest BCUT2D eigenvalue weighted by Gasteiger charge is -2.30. The number of carboxylic acid groups (broad SMARTS) is 1. The number of benzene rings is 2. The van der Waals surface area contributed by atoms with Crippen molar-refractivity contribution in [1.29, 1.82) is 0 Å². The van der Waals surface area contributed by atoms with Crippen LogP contribution in [0.25, 0.3) is 10.2 Å². The minimum atomic E-state index is -0.833. The number of para-hydroxylation sites is 1. The van der Waals surface area contributed by atoms with E-state index in [1.165, 1.54) is 23.5 Å². The molecule has 128 valence electrons. The summed E-state index contributed by atoms with van der Waals surface area (Å²) in [5, 5.41) is 10.4. The van der Waals surface area contributed by atoms with E-state index >= 15 is 0 Å². The van der Waals surface area contributed by atoms with Crippen LogP contribution in [0.4, 0.5) is 4.39 Å². The second-order valence-corrected chi connectivity index (χ2v) is 7.27. The van der Waals surface area contributed by atoms with Gasteiger partial charge in [-0.05, 0) is 42.7 Å². The smallest absolute Gasteiger partial charge is 0.320 e. The lowest BCUT2D eigenvalue weighted by atomic mass is 10.0. The Morgan fingerprint density at radius 2 is 2.12 bits per heavy atom. The second kappa shape index (κ2) is 6.54. The number of nitrogens with zero attached hydrogens (tertiary/aromatic N) is 2. The van der Waals surface area contributed by atoms with Crippen LogP contribution in [-0.2, 0) is 4.79 Å². The Labute approximate surface area is 148 Å². The largest absolute Gasteiger partial charge is 0.480 e. The Hall–Kier alpha value is -2.31. The molecule has 2 heterocycles. The molecule has 1 aliphatic heterocycles. The van der Waals surface area contributed by atoms with Crippen molar-refractivity contribution in [1.82, 2.24) is 9.88 Å². The highest BCUT2D eigenvalue weighted by Crippen LogP contribution is 2.38. The Morgan fingerprint density at radius 3 is 2.88 bits per heavy atom. The highest BCUT2D eigenvalue weighted by atomic mass is 32.1. The number of rotatable bonds is 4. The predicted octanol–water partition coefficient (Wildman–Crippen LogP) is 4.07. The molecule has 2 atom stereocenters. The topological polar surface area (TPSA) is 53.4 Å². The van der Waals surface area contributed by atoms with Crippen LogP contribution in [0.1, 0.15) is 29.5 Å². The van der Waals surface area contributed by atoms with E-state index in [-0.39, 0.29) is 11.9 Å². The highest BCUT2D eigenvalue weighted by molar-refractivity contribution is 7.18. The van der Waals surface area contributed by atoms with Gasteiger partial charge in [0.05, 0.1) is 16.3 Å². The van der Waals surface area contributed by atoms with Crippen LogP contribution >= 0.6 is 11.3 Å². The van der Waals surface area contributed by atoms with Gasteiger partial charge >= 0.3 is 5.97 Å². The first kappa shape index (κ1) is 16.2. The number of hydrogen-bond donors (Lipinski definition) is 1. The lowest BCUT2D eigenvalue weighted by molar-refractivity contribution is -0.142. The molecule has 3 aromatic rings. The zero-order chi connectivity index (χ0) is 17.4. The minimum absolute atomic E-state index is 0.324. The Kier molecular flexibility index (Phi) is 4.23. The van der Waals surface area contributed by atoms with Gasteiger partial charge < -0.3 is 5.11 Å². The Morgan fingerprint density at radius 1 is 1.28 bits per heavy atom. The van der Waals surface area contributed by atoms with Crippen LogP contribution in [0.2, 0.25) is 0 Å². The van der Waals surface area contributed by atoms with Gasteiger partial charge in [0.2, 0.25) is 0 Å². The molecule has 1 saturated heterocycles. The molecule has 1 fully saturated rings. The number of aromatic nitrogens is 1. The first-order valence-electron chi connectivity index (χ1n) is 8.23. The summed E-state index contributed by atoms with van der Waals surface area (Å²) in [4.78, 5) is 18.3. The number of carbonyl (C=O) groups is 1. The van der Waals surface area contributed by atoms with Crippen LogP contribution in [-0.4, -0.2) is 33.5 Å². The molecular weight excluding hydrogens is 339 g/mol. The minimum Gasteiger partial charge on any atom is -0.480 e. The summed E-state index contributed by atoms with van der Waals surface area (Å²) in [6.45, 7) is 0.661. The first-order chi connectivity index (χ1) is 12.1. The van der Waals surface area contributed by atoms with Gasteiger partial charge in [0.15, 0.2) is 0 Å². The fourth-order valence-corrected chi connectivity index (χ4v) is 4.64. The molecule has 0 radical (unpaired) electrons. The Balaban J connectivity index is 1.84. The molecule has 0 spiro atoms. The molecule has 1 aromatic heterocycles. The first-order valence-corrected chi connectivity index (χ1v) is 9.04. The van der Waals surface area contributed by atoms with E-state index in [2.05, 4.69) is 0 Å². The summed E-state index contributed by atoms with van der Waals surface area (Å²) in [5.41, 5.74) is 1.63. The van der Waals surface area contributed by atoms with Gasteiger partial charge in [-0.15, -0.1) is 11.3 Å². The molecule has 0 aliphatic carbocycles. The summed E-state index contributed by atoms with van der Waals surface area (Å²) in [6, 6.07) is 13.3. The van der Waals surface area contributed by atoms with E-state index in [1.54, 1.807) is 6.07 Å². The van der Waals surface area contributed by atoms with Gasteiger partial charge in [-0.3, -0.25) is 9.69 Å². The van der Waals surface area contributed by atoms with Crippen LogP contribution in [0.15, 0.2) is 48.5 Å². The number of likely N-dealkylation sites (tertiary alicyclic amines) is 1. The van der Waals surface area contributed by atoms with Crippen molar-refractivity contribution >= 4 is 27.5 Å². The van der Waals surface area contributed by atoms with Gasteiger partial charge in [0.25, 0.3) is 0 Å². The molecule has 1 N–H and O–H groups in total. The summed E-state index contributed by atoms with van der Waals surface area (Å²) in [5.74, 6) is -1.16. The van der Waals surface area contributed by atoms with Crippen molar-refractivity contribution in [3.63, 3.8) is 0 Å². The maximum absolute atomic E-state index is 13.8. The summed E-state index contributed by atoms with van der Waals surface area (Å²) in [6.07, 6.45) is 1.42. The van der Waals surface area contributed by atoms with E-state index in [9.17, 15) is 14.3 Å². The number of thiazole rings is 1. The average molecular weight is 356 g/mol. The molecule has 0 saturated carbocycles. The third-order valence-electron chi connectivity index (χ3n) is 4.62. The zero-order valence-corrected chi connectivity index (χ0v) is 14.2. The molecule has 1 aliphatic rings. The number of hydrogen-bond acceptors (Lipinski definition) is 4. The highest BCUT2D eigenvalue weighted by Gasteiger charge is 2.38. The fourth-order valence-electron chi connectivity index (χ4n) is 3.52. The summed E-state index contributed by atoms with van der Waals surface area (Å²) >= 11 is 1.54. The number of carboxylic acids is 1. The van der Waals surface area contributed by atoms with Crippen molar-refractivity contribution in [2.45, 2.75) is 24.9 Å². The third kappa shape index (κ3) is 3.03. The van der Waals surface area contributed by atoms with Gasteiger partial charge in [0.1, 0.15) is 16.9 Å². The monoisotopic (exact) mass is 356 g/mol. The molecule has 0 amide bonds. The maximum Gasteiger partial charge on any atom is 0.320 e. The lowest BCUT2D eigenvalue weighted by Crippen LogP contribution is -2.39. The van der Waals surface area contributed by atoms with E-state index in [0.717, 1.165) is 27.2 Å². The molecule has 0 bridgehead atoms. The summed E-state index contributed by atoms with van der Waals surface area (Å²) < 4.78 is 14.9. The maximum atomic E-state index is 13.8. The number of halogens is 1. The van der Waals surface area contributed by atoms with Gasteiger partial charge in [-0.2, -0.15) is 0 Å². The van der Waals surface area contributed by atoms with Crippen LogP contribution in [0.5, 0.6) is 0 Å². The van der Waals surface area contributed by atoms with Crippen molar-refractivity contribution in [2.75, 3.05) is 6.54 Å². The SMILES string of the molecule is O=C(O)C1CCCN1C(c1cccc(F)c1)c1nc2ccccc2s1. The van der Waals surface area contributed by atoms with Crippen molar-refractivity contribution in [2.24, 2.45) is 0 Å². The Bertz CT molecular complexity index is 893. The molecular formula is C19H17FN2O2S. The van der Waals surface area contributed by atoms with Crippen molar-refractivity contribution in [3.05, 3.63) is 64.9 Å². The van der Waals surface area contributed by atoms with Crippen molar-refractivity contribution in [3.8, 4) is 0 Å². The molecule has 6 heteroatoms. The van der Waals surface area contributed by atoms with Gasteiger partial charge in [-0.1, -0.05) is 24.3 Å². The number of fused-ring (bicyclic) bond motifs is 1. The quantitative estimate of drug-likeness (QED) is 0.765. The van der Waals surface area contributed by atoms with E-state index in [0.29, 0.717) is 13.0 Å². The van der Waals surface area contributed by atoms with Crippen LogP contribution in [0, 0.1) is 5.82 Å². The van der Waals surface area contributed by atoms with Gasteiger partial charge in [-0.25, -0.2) is 9.37 Å². The molecule has 4 nitrogen and oxygen atoms in total. The molecule has 25 heavy (non-hydrogen) atoms. The van der Waals surface area contributed by atoms with Crippen LogP contribution < -0.4 is 0 Å². The zero-order valence-electron chi connectivity index (χ0n) is 13.4. The van der Waals surface area contributed by atoms with Crippen molar-refractivity contribution < 1.29 is 14.3 Å². The van der Waals surface area contributed by atoms with E-state index in [4.69, 9.17) is 4.98 Å². The molecule has 2 aromatic carbocycles. The van der Waals surface area contributed by atoms with Gasteiger partial charge in [0, 0.05) is 6.54 Å². The number of aliphatic carboxylic acids is 1. The van der Waals surface area contributed by atoms with E-state index in [1.807, 2.05) is 35.2 Å².